The van der Waals surface area contributed by atoms with Gasteiger partial charge in [0, 0.05) is 19.0 Å². The molecule has 1 fully saturated rings. The van der Waals surface area contributed by atoms with Gasteiger partial charge in [-0.3, -0.25) is 14.2 Å². The monoisotopic (exact) mass is 510 g/mol. The number of halogens is 5. The van der Waals surface area contributed by atoms with Crippen LogP contribution in [0.5, 0.6) is 0 Å². The first kappa shape index (κ1) is 22.6. The van der Waals surface area contributed by atoms with Crippen LogP contribution in [-0.4, -0.2) is 36.7 Å². The van der Waals surface area contributed by atoms with E-state index in [1.165, 1.54) is 41.2 Å². The molecule has 0 aromatic carbocycles. The van der Waals surface area contributed by atoms with E-state index in [-0.39, 0.29) is 33.3 Å². The summed E-state index contributed by atoms with van der Waals surface area (Å²) in [6, 6.07) is 4.19. The molecule has 1 atom stereocenters. The summed E-state index contributed by atoms with van der Waals surface area (Å²) in [5.41, 5.74) is -1.01. The van der Waals surface area contributed by atoms with E-state index in [4.69, 9.17) is 27.9 Å². The fourth-order valence-electron chi connectivity index (χ4n) is 3.85. The number of anilines is 1. The number of nitrogens with zero attached hydrogens (tertiary/aromatic N) is 5. The molecule has 0 saturated carbocycles. The Kier molecular flexibility index (Phi) is 5.70. The summed E-state index contributed by atoms with van der Waals surface area (Å²) in [6.45, 7) is 0.602. The van der Waals surface area contributed by atoms with Gasteiger partial charge < -0.3 is 10.1 Å². The highest BCUT2D eigenvalue weighted by Gasteiger charge is 2.41. The van der Waals surface area contributed by atoms with Crippen molar-refractivity contribution in [2.24, 2.45) is 0 Å². The number of carbonyl (C=O) groups is 1. The standard InChI is InChI=1S/C21H15Cl2F3N6O2/c22-13-3-4-16(31-6-5-27-19(13)31)32-18(21(24,25)26)12(10-29-32)20(33)30-11-8-14(23)17(28-9-11)15-2-1-7-34-15/h3-6,8-10,15H,1-2,7H2,(H,30,33)/t15-/m0/s1. The number of nitrogens with one attached hydrogen (secondary N) is 1. The number of carbonyl (C=O) groups excluding carboxylic acids is 1. The molecular weight excluding hydrogens is 496 g/mol. The van der Waals surface area contributed by atoms with Crippen LogP contribution in [0.4, 0.5) is 18.9 Å². The molecule has 1 N–H and O–H groups in total. The molecule has 5 rings (SSSR count). The van der Waals surface area contributed by atoms with Crippen molar-refractivity contribution in [3.63, 3.8) is 0 Å². The first-order valence-corrected chi connectivity index (χ1v) is 10.8. The Morgan fingerprint density at radius 1 is 1.18 bits per heavy atom. The molecule has 1 saturated heterocycles. The second kappa shape index (κ2) is 8.57. The minimum Gasteiger partial charge on any atom is -0.372 e. The van der Waals surface area contributed by atoms with E-state index in [1.807, 2.05) is 0 Å². The highest BCUT2D eigenvalue weighted by Crippen LogP contribution is 2.36. The Labute approximate surface area is 200 Å². The Morgan fingerprint density at radius 2 is 2.00 bits per heavy atom. The van der Waals surface area contributed by atoms with Crippen molar-refractivity contribution in [3.8, 4) is 5.82 Å². The van der Waals surface area contributed by atoms with Gasteiger partial charge in [0.15, 0.2) is 11.3 Å². The Balaban J connectivity index is 1.50. The Morgan fingerprint density at radius 3 is 2.71 bits per heavy atom. The van der Waals surface area contributed by atoms with Crippen molar-refractivity contribution >= 4 is 40.4 Å². The molecule has 34 heavy (non-hydrogen) atoms. The molecule has 0 aliphatic carbocycles. The quantitative estimate of drug-likeness (QED) is 0.400. The van der Waals surface area contributed by atoms with Gasteiger partial charge in [0.25, 0.3) is 5.91 Å². The Bertz CT molecular complexity index is 1400. The van der Waals surface area contributed by atoms with Crippen molar-refractivity contribution in [1.29, 1.82) is 0 Å². The van der Waals surface area contributed by atoms with E-state index in [9.17, 15) is 18.0 Å². The van der Waals surface area contributed by atoms with Crippen molar-refractivity contribution < 1.29 is 22.7 Å². The molecule has 0 radical (unpaired) electrons. The van der Waals surface area contributed by atoms with Gasteiger partial charge in [0.1, 0.15) is 11.9 Å². The molecule has 0 unspecified atom stereocenters. The minimum absolute atomic E-state index is 0.00824. The summed E-state index contributed by atoms with van der Waals surface area (Å²) >= 11 is 12.3. The SMILES string of the molecule is O=C(Nc1cnc([C@@H]2CCCO2)c(Cl)c1)c1cnn(-c2ccc(Cl)c3nccn23)c1C(F)(F)F. The van der Waals surface area contributed by atoms with E-state index < -0.39 is 23.3 Å². The third-order valence-electron chi connectivity index (χ3n) is 5.34. The molecule has 13 heteroatoms. The maximum atomic E-state index is 14.1. The zero-order chi connectivity index (χ0) is 24.0. The normalized spacial score (nSPS) is 16.3. The number of rotatable bonds is 4. The molecule has 1 amide bonds. The largest absolute Gasteiger partial charge is 0.434 e. The molecule has 0 spiro atoms. The average Bonchev–Trinajstić information content (AvgIpc) is 3.54. The van der Waals surface area contributed by atoms with E-state index >= 15 is 0 Å². The molecule has 4 aromatic rings. The van der Waals surface area contributed by atoms with Gasteiger partial charge in [-0.25, -0.2) is 9.67 Å². The van der Waals surface area contributed by atoms with Crippen LogP contribution in [0.3, 0.4) is 0 Å². The fraction of sp³-hybridized carbons (Fsp3) is 0.238. The van der Waals surface area contributed by atoms with Crippen molar-refractivity contribution in [3.05, 3.63) is 70.0 Å². The lowest BCUT2D eigenvalue weighted by Gasteiger charge is -2.15. The topological polar surface area (TPSA) is 86.3 Å². The lowest BCUT2D eigenvalue weighted by atomic mass is 10.1. The Hall–Kier alpha value is -3.15. The highest BCUT2D eigenvalue weighted by molar-refractivity contribution is 6.33. The molecular formula is C21H15Cl2F3N6O2. The average molecular weight is 511 g/mol. The van der Waals surface area contributed by atoms with Gasteiger partial charge in [0.2, 0.25) is 0 Å². The van der Waals surface area contributed by atoms with Gasteiger partial charge in [-0.05, 0) is 31.0 Å². The van der Waals surface area contributed by atoms with Gasteiger partial charge in [-0.1, -0.05) is 23.2 Å². The lowest BCUT2D eigenvalue weighted by Crippen LogP contribution is -2.21. The van der Waals surface area contributed by atoms with Gasteiger partial charge >= 0.3 is 6.18 Å². The van der Waals surface area contributed by atoms with E-state index in [1.54, 1.807) is 0 Å². The van der Waals surface area contributed by atoms with Crippen molar-refractivity contribution in [2.75, 3.05) is 11.9 Å². The smallest absolute Gasteiger partial charge is 0.372 e. The third kappa shape index (κ3) is 3.99. The third-order valence-corrected chi connectivity index (χ3v) is 5.94. The van der Waals surface area contributed by atoms with Crippen LogP contribution >= 0.6 is 23.2 Å². The predicted molar refractivity (Wildman–Crippen MR) is 117 cm³/mol. The minimum atomic E-state index is -4.89. The maximum absolute atomic E-state index is 14.1. The van der Waals surface area contributed by atoms with E-state index in [0.717, 1.165) is 19.0 Å². The van der Waals surface area contributed by atoms with Crippen LogP contribution in [0.25, 0.3) is 11.5 Å². The number of amides is 1. The number of alkyl halides is 3. The molecule has 1 aliphatic heterocycles. The van der Waals surface area contributed by atoms with Crippen LogP contribution in [0.2, 0.25) is 10.0 Å². The summed E-state index contributed by atoms with van der Waals surface area (Å²) in [5.74, 6) is -1.01. The van der Waals surface area contributed by atoms with Crippen LogP contribution in [0.1, 0.15) is 40.7 Å². The predicted octanol–water partition coefficient (Wildman–Crippen LogP) is 5.34. The number of aromatic nitrogens is 5. The fourth-order valence-corrected chi connectivity index (χ4v) is 4.34. The number of pyridine rings is 2. The molecule has 176 valence electrons. The van der Waals surface area contributed by atoms with Crippen LogP contribution in [-0.2, 0) is 10.9 Å². The van der Waals surface area contributed by atoms with Gasteiger partial charge in [0.05, 0.1) is 39.4 Å². The molecule has 8 nitrogen and oxygen atoms in total. The second-order valence-electron chi connectivity index (χ2n) is 7.52. The maximum Gasteiger partial charge on any atom is 0.434 e. The number of imidazole rings is 1. The zero-order valence-corrected chi connectivity index (χ0v) is 18.7. The molecule has 1 aliphatic rings. The van der Waals surface area contributed by atoms with Gasteiger partial charge in [-0.15, -0.1) is 0 Å². The zero-order valence-electron chi connectivity index (χ0n) is 17.2. The first-order valence-electron chi connectivity index (χ1n) is 10.1. The summed E-state index contributed by atoms with van der Waals surface area (Å²) in [6.07, 6.45) is 1.53. The molecule has 4 aromatic heterocycles. The summed E-state index contributed by atoms with van der Waals surface area (Å²) in [7, 11) is 0. The number of hydrogen-bond donors (Lipinski definition) is 1. The van der Waals surface area contributed by atoms with Crippen LogP contribution in [0.15, 0.2) is 43.0 Å². The first-order chi connectivity index (χ1) is 16.2. The van der Waals surface area contributed by atoms with Gasteiger partial charge in [-0.2, -0.15) is 18.3 Å². The van der Waals surface area contributed by atoms with Crippen molar-refractivity contribution in [2.45, 2.75) is 25.1 Å². The van der Waals surface area contributed by atoms with E-state index in [2.05, 4.69) is 20.4 Å². The van der Waals surface area contributed by atoms with Crippen molar-refractivity contribution in [1.82, 2.24) is 24.1 Å². The molecule has 5 heterocycles. The summed E-state index contributed by atoms with van der Waals surface area (Å²) in [5, 5.41) is 6.76. The summed E-state index contributed by atoms with van der Waals surface area (Å²) < 4.78 is 49.8. The highest BCUT2D eigenvalue weighted by atomic mass is 35.5. The second-order valence-corrected chi connectivity index (χ2v) is 8.34. The number of ether oxygens (including phenoxy) is 1. The van der Waals surface area contributed by atoms with Crippen LogP contribution in [0, 0.1) is 0 Å². The number of hydrogen-bond acceptors (Lipinski definition) is 5. The molecule has 0 bridgehead atoms. The number of fused-ring (bicyclic) bond motifs is 1. The van der Waals surface area contributed by atoms with E-state index in [0.29, 0.717) is 17.0 Å². The lowest BCUT2D eigenvalue weighted by molar-refractivity contribution is -0.143. The summed E-state index contributed by atoms with van der Waals surface area (Å²) in [4.78, 5) is 21.1. The van der Waals surface area contributed by atoms with Crippen LogP contribution < -0.4 is 5.32 Å².